The molecule has 2 N–H and O–H groups in total. The fourth-order valence-corrected chi connectivity index (χ4v) is 3.02. The summed E-state index contributed by atoms with van der Waals surface area (Å²) in [6.07, 6.45) is 6.05. The van der Waals surface area contributed by atoms with Crippen LogP contribution in [-0.4, -0.2) is 33.2 Å². The normalized spacial score (nSPS) is 17.6. The van der Waals surface area contributed by atoms with Crippen LogP contribution in [0.2, 0.25) is 0 Å². The SMILES string of the molecule is NCCCc1nncc(C2CCSCC2)n1. The van der Waals surface area contributed by atoms with Gasteiger partial charge in [0.05, 0.1) is 11.9 Å². The molecule has 0 amide bonds. The Bertz CT molecular complexity index is 326. The number of rotatable bonds is 4. The van der Waals surface area contributed by atoms with Crippen LogP contribution in [0.1, 0.15) is 36.7 Å². The molecule has 0 unspecified atom stereocenters. The van der Waals surface area contributed by atoms with Crippen molar-refractivity contribution >= 4 is 11.8 Å². The van der Waals surface area contributed by atoms with Gasteiger partial charge >= 0.3 is 0 Å². The zero-order valence-corrected chi connectivity index (χ0v) is 10.2. The van der Waals surface area contributed by atoms with Gasteiger partial charge in [-0.25, -0.2) is 4.98 Å². The molecule has 0 aromatic carbocycles. The van der Waals surface area contributed by atoms with E-state index in [2.05, 4.69) is 15.2 Å². The lowest BCUT2D eigenvalue weighted by Gasteiger charge is -2.20. The summed E-state index contributed by atoms with van der Waals surface area (Å²) in [5.41, 5.74) is 6.61. The van der Waals surface area contributed by atoms with Crippen molar-refractivity contribution in [2.75, 3.05) is 18.1 Å². The fraction of sp³-hybridized carbons (Fsp3) is 0.727. The van der Waals surface area contributed by atoms with Crippen molar-refractivity contribution in [3.05, 3.63) is 17.7 Å². The summed E-state index contributed by atoms with van der Waals surface area (Å²) in [5, 5.41) is 8.10. The fourth-order valence-electron chi connectivity index (χ4n) is 1.91. The molecule has 0 atom stereocenters. The molecule has 1 saturated heterocycles. The van der Waals surface area contributed by atoms with E-state index in [4.69, 9.17) is 5.73 Å². The van der Waals surface area contributed by atoms with E-state index in [-0.39, 0.29) is 0 Å². The standard InChI is InChI=1S/C11H18N4S/c12-5-1-2-11-14-10(8-13-15-11)9-3-6-16-7-4-9/h8-9H,1-7,12H2. The highest BCUT2D eigenvalue weighted by atomic mass is 32.2. The molecule has 0 spiro atoms. The van der Waals surface area contributed by atoms with Crippen molar-refractivity contribution in [2.45, 2.75) is 31.6 Å². The van der Waals surface area contributed by atoms with Gasteiger partial charge in [0.1, 0.15) is 0 Å². The lowest BCUT2D eigenvalue weighted by molar-refractivity contribution is 0.600. The summed E-state index contributed by atoms with van der Waals surface area (Å²) in [4.78, 5) is 4.60. The van der Waals surface area contributed by atoms with E-state index < -0.39 is 0 Å². The number of thioether (sulfide) groups is 1. The first-order chi connectivity index (χ1) is 7.90. The number of aryl methyl sites for hydroxylation is 1. The minimum absolute atomic E-state index is 0.591. The Morgan fingerprint density at radius 1 is 1.38 bits per heavy atom. The molecular weight excluding hydrogens is 220 g/mol. The smallest absolute Gasteiger partial charge is 0.151 e. The molecule has 1 aromatic rings. The maximum absolute atomic E-state index is 5.48. The Morgan fingerprint density at radius 3 is 2.94 bits per heavy atom. The monoisotopic (exact) mass is 238 g/mol. The molecule has 0 bridgehead atoms. The topological polar surface area (TPSA) is 64.7 Å². The molecule has 1 aromatic heterocycles. The summed E-state index contributed by atoms with van der Waals surface area (Å²) in [7, 11) is 0. The van der Waals surface area contributed by atoms with E-state index in [1.165, 1.54) is 24.3 Å². The molecule has 1 fully saturated rings. The lowest BCUT2D eigenvalue weighted by Crippen LogP contribution is -2.12. The molecule has 1 aliphatic heterocycles. The van der Waals surface area contributed by atoms with Crippen LogP contribution in [0, 0.1) is 0 Å². The van der Waals surface area contributed by atoms with Gasteiger partial charge < -0.3 is 5.73 Å². The second-order valence-corrected chi connectivity index (χ2v) is 5.30. The molecular formula is C11H18N4S. The lowest BCUT2D eigenvalue weighted by atomic mass is 9.99. The van der Waals surface area contributed by atoms with Crippen molar-refractivity contribution in [3.8, 4) is 0 Å². The molecule has 16 heavy (non-hydrogen) atoms. The second kappa shape index (κ2) is 6.15. The van der Waals surface area contributed by atoms with Crippen LogP contribution in [0.4, 0.5) is 0 Å². The number of nitrogens with zero attached hydrogens (tertiary/aromatic N) is 3. The Kier molecular flexibility index (Phi) is 4.54. The molecule has 4 nitrogen and oxygen atoms in total. The van der Waals surface area contributed by atoms with Crippen LogP contribution in [0.5, 0.6) is 0 Å². The van der Waals surface area contributed by atoms with E-state index in [1.54, 1.807) is 0 Å². The molecule has 1 aliphatic rings. The molecule has 2 heterocycles. The number of hydrogen-bond acceptors (Lipinski definition) is 5. The Labute approximate surface area is 100 Å². The van der Waals surface area contributed by atoms with Crippen LogP contribution in [0.3, 0.4) is 0 Å². The van der Waals surface area contributed by atoms with Crippen LogP contribution in [0.25, 0.3) is 0 Å². The zero-order valence-electron chi connectivity index (χ0n) is 9.43. The third-order valence-corrected chi connectivity index (χ3v) is 3.91. The van der Waals surface area contributed by atoms with Gasteiger partial charge in [-0.1, -0.05) is 0 Å². The van der Waals surface area contributed by atoms with Crippen molar-refractivity contribution in [2.24, 2.45) is 5.73 Å². The van der Waals surface area contributed by atoms with Crippen LogP contribution < -0.4 is 5.73 Å². The zero-order chi connectivity index (χ0) is 11.2. The van der Waals surface area contributed by atoms with Gasteiger partial charge in [-0.15, -0.1) is 5.10 Å². The van der Waals surface area contributed by atoms with E-state index in [9.17, 15) is 0 Å². The number of hydrogen-bond donors (Lipinski definition) is 1. The maximum Gasteiger partial charge on any atom is 0.151 e. The largest absolute Gasteiger partial charge is 0.330 e. The van der Waals surface area contributed by atoms with Crippen molar-refractivity contribution in [3.63, 3.8) is 0 Å². The minimum Gasteiger partial charge on any atom is -0.330 e. The van der Waals surface area contributed by atoms with Crippen molar-refractivity contribution in [1.29, 1.82) is 0 Å². The van der Waals surface area contributed by atoms with E-state index in [0.717, 1.165) is 24.4 Å². The number of aromatic nitrogens is 3. The van der Waals surface area contributed by atoms with Crippen molar-refractivity contribution < 1.29 is 0 Å². The first kappa shape index (κ1) is 11.8. The summed E-state index contributed by atoms with van der Waals surface area (Å²) in [6, 6.07) is 0. The van der Waals surface area contributed by atoms with E-state index in [1.807, 2.05) is 18.0 Å². The van der Waals surface area contributed by atoms with Gasteiger partial charge in [0, 0.05) is 12.3 Å². The van der Waals surface area contributed by atoms with E-state index in [0.29, 0.717) is 12.5 Å². The molecule has 0 radical (unpaired) electrons. The minimum atomic E-state index is 0.591. The first-order valence-electron chi connectivity index (χ1n) is 5.86. The summed E-state index contributed by atoms with van der Waals surface area (Å²) >= 11 is 2.03. The predicted molar refractivity (Wildman–Crippen MR) is 66.5 cm³/mol. The quantitative estimate of drug-likeness (QED) is 0.858. The average Bonchev–Trinajstić information content (AvgIpc) is 2.38. The Balaban J connectivity index is 2.02. The third-order valence-electron chi connectivity index (χ3n) is 2.87. The van der Waals surface area contributed by atoms with Crippen LogP contribution in [-0.2, 0) is 6.42 Å². The molecule has 0 aliphatic carbocycles. The predicted octanol–water partition coefficient (Wildman–Crippen LogP) is 1.37. The van der Waals surface area contributed by atoms with E-state index >= 15 is 0 Å². The highest BCUT2D eigenvalue weighted by Crippen LogP contribution is 2.29. The highest BCUT2D eigenvalue weighted by molar-refractivity contribution is 7.99. The molecule has 5 heteroatoms. The van der Waals surface area contributed by atoms with Gasteiger partial charge in [-0.2, -0.15) is 16.9 Å². The Morgan fingerprint density at radius 2 is 2.19 bits per heavy atom. The van der Waals surface area contributed by atoms with Gasteiger partial charge in [-0.3, -0.25) is 0 Å². The van der Waals surface area contributed by atoms with Gasteiger partial charge in [-0.05, 0) is 37.3 Å². The van der Waals surface area contributed by atoms with Gasteiger partial charge in [0.2, 0.25) is 0 Å². The Hall–Kier alpha value is -0.680. The van der Waals surface area contributed by atoms with Crippen LogP contribution >= 0.6 is 11.8 Å². The molecule has 88 valence electrons. The average molecular weight is 238 g/mol. The second-order valence-electron chi connectivity index (χ2n) is 4.08. The summed E-state index contributed by atoms with van der Waals surface area (Å²) in [5.74, 6) is 3.93. The van der Waals surface area contributed by atoms with Crippen molar-refractivity contribution in [1.82, 2.24) is 15.2 Å². The molecule has 2 rings (SSSR count). The molecule has 0 saturated carbocycles. The van der Waals surface area contributed by atoms with Gasteiger partial charge in [0.25, 0.3) is 0 Å². The third kappa shape index (κ3) is 3.15. The van der Waals surface area contributed by atoms with Crippen LogP contribution in [0.15, 0.2) is 6.20 Å². The summed E-state index contributed by atoms with van der Waals surface area (Å²) in [6.45, 7) is 0.688. The number of nitrogens with two attached hydrogens (primary N) is 1. The first-order valence-corrected chi connectivity index (χ1v) is 7.02. The summed E-state index contributed by atoms with van der Waals surface area (Å²) < 4.78 is 0. The van der Waals surface area contributed by atoms with Gasteiger partial charge in [0.15, 0.2) is 5.82 Å². The highest BCUT2D eigenvalue weighted by Gasteiger charge is 2.17. The maximum atomic E-state index is 5.48.